The van der Waals surface area contributed by atoms with Gasteiger partial charge in [0.25, 0.3) is 17.1 Å². The third-order valence-corrected chi connectivity index (χ3v) is 21.6. The molecule has 6 aliphatic rings. The second-order valence-corrected chi connectivity index (χ2v) is 29.5. The minimum atomic E-state index is -4.74. The van der Waals surface area contributed by atoms with Gasteiger partial charge in [-0.2, -0.15) is 0 Å². The number of nitrogens with one attached hydrogen (secondary N) is 6. The van der Waals surface area contributed by atoms with E-state index in [0.29, 0.717) is 11.5 Å². The maximum Gasteiger partial charge on any atom is 0.266 e. The summed E-state index contributed by atoms with van der Waals surface area (Å²) in [5.74, 6) is -9.99. The summed E-state index contributed by atoms with van der Waals surface area (Å²) in [5.41, 5.74) is 3.24. The number of carbonyl (C=O) groups is 7. The number of nitrogens with zero attached hydrogens (tertiary/aromatic N) is 4. The minimum Gasteiger partial charge on any atom is -0.504 e. The van der Waals surface area contributed by atoms with Gasteiger partial charge in [0.05, 0.1) is 36.6 Å². The average Bonchev–Trinajstić information content (AvgIpc) is 1.71. The number of phenols is 1. The second kappa shape index (κ2) is 34.4. The van der Waals surface area contributed by atoms with E-state index in [2.05, 4.69) is 64.9 Å². The van der Waals surface area contributed by atoms with Crippen LogP contribution in [0.5, 0.6) is 11.5 Å². The molecule has 100 heavy (non-hydrogen) atoms. The number of rotatable bonds is 20. The Morgan fingerprint density at radius 2 is 1.34 bits per heavy atom. The van der Waals surface area contributed by atoms with Crippen LogP contribution < -0.4 is 41.0 Å². The predicted octanol–water partition coefficient (Wildman–Crippen LogP) is 0.00280. The standard InChI is InChI=1S/C69H102N10O20S.H2/c1-39-35-79-60(61(39)88)66(93)71-34-49(83)31-51(72-62(89)45-12-10-43(11-13-45)44-14-16-47(17-15-44)76-25-27-77(28-26-76)48-19-22-69(3,23-20-48)46-7-5-4-6-8-46)63(90)73-57(40(2)82)67(94)78-36-50(84)32-52(78)64(91)74-58(55(87)29-41-9-18-53(85)56(30-41)99-100(96,97)98)65(92)75-59(68(79)95)54(86)21-24-70-33-42(37-80)38-81;/h9-18,30,39-40,42,46,48-52,54-55,57-61,70,80-88,96-98H,4-8,19-29,31-38H2,1-3H3,(H,71,93)(H,72,89)(H,73,90)(H,74,91)(H,75,92);1H/t39-,40+,48?,49+,50+,51-,52-,54+,55+,57-,58-,59-,60-,61-,69?;/m0./s1. The highest BCUT2D eigenvalue weighted by Gasteiger charge is 2.50. The lowest BCUT2D eigenvalue weighted by atomic mass is 9.62. The summed E-state index contributed by atoms with van der Waals surface area (Å²) in [6.07, 6.45) is -0.766. The van der Waals surface area contributed by atoms with E-state index in [-0.39, 0.29) is 38.6 Å². The Balaban J connectivity index is 0.0000130. The summed E-state index contributed by atoms with van der Waals surface area (Å²) in [5, 5.41) is 114. The van der Waals surface area contributed by atoms with Crippen molar-refractivity contribution in [2.24, 2.45) is 23.2 Å². The molecule has 0 radical (unpaired) electrons. The van der Waals surface area contributed by atoms with Crippen LogP contribution in [0.15, 0.2) is 66.7 Å². The molecule has 30 nitrogen and oxygen atoms in total. The van der Waals surface area contributed by atoms with Gasteiger partial charge in [-0.05, 0) is 123 Å². The molecule has 4 aliphatic heterocycles. The molecule has 2 aliphatic carbocycles. The Hall–Kier alpha value is -6.82. The van der Waals surface area contributed by atoms with Crippen LogP contribution >= 0.6 is 11.2 Å². The molecule has 7 amide bonds. The molecule has 3 aromatic carbocycles. The smallest absolute Gasteiger partial charge is 0.266 e. The first-order valence-electron chi connectivity index (χ1n) is 34.9. The van der Waals surface area contributed by atoms with E-state index >= 15 is 4.79 Å². The normalized spacial score (nSPS) is 29.5. The number of hydrogen-bond donors (Lipinski definition) is 18. The summed E-state index contributed by atoms with van der Waals surface area (Å²) in [7, 11) is 0. The first-order valence-corrected chi connectivity index (χ1v) is 36.3. The number of carbonyl (C=O) groups excluding carboxylic acids is 7. The molecule has 0 spiro atoms. The van der Waals surface area contributed by atoms with Gasteiger partial charge in [0.2, 0.25) is 35.4 Å². The number of β-amino-alcohol motifs (C(OH)–C–C–N with tert-alkyl or cyclic N) is 1. The molecule has 0 unspecified atom stereocenters. The van der Waals surface area contributed by atoms with Crippen molar-refractivity contribution in [2.45, 2.75) is 183 Å². The molecule has 0 aromatic heterocycles. The van der Waals surface area contributed by atoms with Gasteiger partial charge < -0.3 is 96.7 Å². The molecule has 4 saturated heterocycles. The zero-order valence-corrected chi connectivity index (χ0v) is 57.7. The van der Waals surface area contributed by atoms with Gasteiger partial charge in [-0.15, -0.1) is 0 Å². The number of fused-ring (bicyclic) bond motifs is 2. The van der Waals surface area contributed by atoms with Crippen LogP contribution in [0, 0.1) is 23.2 Å². The Morgan fingerprint density at radius 1 is 0.720 bits per heavy atom. The first kappa shape index (κ1) is 77.3. The Kier molecular flexibility index (Phi) is 26.6. The number of aliphatic hydroxyl groups excluding tert-OH is 8. The molecular weight excluding hydrogens is 1320 g/mol. The summed E-state index contributed by atoms with van der Waals surface area (Å²) < 4.78 is 33.5. The average molecular weight is 1430 g/mol. The van der Waals surface area contributed by atoms with E-state index < -0.39 is 194 Å². The maximum absolute atomic E-state index is 15.0. The maximum atomic E-state index is 15.0. The van der Waals surface area contributed by atoms with Gasteiger partial charge >= 0.3 is 0 Å². The summed E-state index contributed by atoms with van der Waals surface area (Å²) in [4.78, 5) is 109. The second-order valence-electron chi connectivity index (χ2n) is 28.4. The molecule has 3 aromatic rings. The highest BCUT2D eigenvalue weighted by atomic mass is 32.3. The fourth-order valence-electron chi connectivity index (χ4n) is 15.2. The molecule has 556 valence electrons. The van der Waals surface area contributed by atoms with Crippen LogP contribution in [-0.4, -0.2) is 267 Å². The Bertz CT molecular complexity index is 3280. The van der Waals surface area contributed by atoms with Crippen molar-refractivity contribution in [2.75, 3.05) is 77.0 Å². The first-order chi connectivity index (χ1) is 47.5. The Labute approximate surface area is 585 Å². The number of amides is 7. The quantitative estimate of drug-likeness (QED) is 0.0662. The molecule has 4 heterocycles. The lowest BCUT2D eigenvalue weighted by Crippen LogP contribution is -2.64. The zero-order chi connectivity index (χ0) is 72.3. The molecule has 9 rings (SSSR count). The van der Waals surface area contributed by atoms with Crippen molar-refractivity contribution in [3.63, 3.8) is 0 Å². The number of aliphatic hydroxyl groups is 8. The molecule has 31 heteroatoms. The molecule has 0 bridgehead atoms. The van der Waals surface area contributed by atoms with Gasteiger partial charge in [-0.3, -0.25) is 52.1 Å². The van der Waals surface area contributed by atoms with Crippen LogP contribution in [0.4, 0.5) is 5.69 Å². The molecular formula is C69H104N10O20S. The van der Waals surface area contributed by atoms with E-state index in [1.54, 1.807) is 12.1 Å². The van der Waals surface area contributed by atoms with Gasteiger partial charge in [0.1, 0.15) is 36.3 Å². The van der Waals surface area contributed by atoms with Crippen molar-refractivity contribution in [1.82, 2.24) is 46.6 Å². The third kappa shape index (κ3) is 19.5. The number of piperazine rings is 1. The number of anilines is 1. The number of phenolic OH excluding ortho intramolecular Hbond substituents is 1. The summed E-state index contributed by atoms with van der Waals surface area (Å²) in [6, 6.07) is 6.93. The number of hydrogen-bond acceptors (Lipinski definition) is 23. The molecule has 2 saturated carbocycles. The van der Waals surface area contributed by atoms with E-state index in [1.807, 2.05) is 12.1 Å². The lowest BCUT2D eigenvalue weighted by molar-refractivity contribution is -0.147. The van der Waals surface area contributed by atoms with Gasteiger partial charge in [0.15, 0.2) is 11.5 Å². The van der Waals surface area contributed by atoms with Gasteiger partial charge in [0, 0.05) is 115 Å². The van der Waals surface area contributed by atoms with E-state index in [1.165, 1.54) is 82.9 Å². The predicted molar refractivity (Wildman–Crippen MR) is 369 cm³/mol. The van der Waals surface area contributed by atoms with Crippen molar-refractivity contribution < 1.29 is 98.8 Å². The van der Waals surface area contributed by atoms with E-state index in [9.17, 15) is 88.4 Å². The molecule has 18 N–H and O–H groups in total. The summed E-state index contributed by atoms with van der Waals surface area (Å²) >= 11 is -4.74. The van der Waals surface area contributed by atoms with Crippen LogP contribution in [0.25, 0.3) is 11.1 Å². The van der Waals surface area contributed by atoms with Crippen molar-refractivity contribution in [3.8, 4) is 22.6 Å². The van der Waals surface area contributed by atoms with Crippen molar-refractivity contribution in [1.29, 1.82) is 0 Å². The largest absolute Gasteiger partial charge is 0.504 e. The van der Waals surface area contributed by atoms with Crippen LogP contribution in [0.2, 0.25) is 0 Å². The van der Waals surface area contributed by atoms with Crippen LogP contribution in [0.3, 0.4) is 0 Å². The monoisotopic (exact) mass is 1420 g/mol. The minimum absolute atomic E-state index is 0. The third-order valence-electron chi connectivity index (χ3n) is 21.2. The summed E-state index contributed by atoms with van der Waals surface area (Å²) in [6.45, 7) is 6.44. The van der Waals surface area contributed by atoms with Crippen molar-refractivity contribution in [3.05, 3.63) is 77.9 Å². The SMILES string of the molecule is C[C@@H](O)[C@@H]1NC(=O)[C@@H](NC(=O)c2ccc(-c3ccc(N4CCN(C5CCC(C)(C6CCCCC6)CC5)CC4)cc3)cc2)C[C@@H](O)CNC(=O)[C@@H]2[C@@H](O)[C@@H](C)CN2C(=O)[C@H]([C@H](O)CCNCC(CO)CO)NC(=O)[C@H]([C@H](O)Cc2ccc(O)c(OS(O)(O)O)c2)NC(=O)[C@@H]2C[C@@H](O)CN2C1=O.[HH]. The lowest BCUT2D eigenvalue weighted by Gasteiger charge is -2.48. The van der Waals surface area contributed by atoms with E-state index in [0.717, 1.165) is 77.8 Å². The highest BCUT2D eigenvalue weighted by Crippen LogP contribution is 2.49. The van der Waals surface area contributed by atoms with Crippen LogP contribution in [0.1, 0.15) is 115 Å². The molecule has 13 atom stereocenters. The fourth-order valence-corrected chi connectivity index (χ4v) is 15.5. The Morgan fingerprint density at radius 3 is 1.97 bits per heavy atom. The number of benzene rings is 3. The van der Waals surface area contributed by atoms with E-state index in [4.69, 9.17) is 0 Å². The van der Waals surface area contributed by atoms with Gasteiger partial charge in [-0.1, -0.05) is 63.4 Å². The number of aromatic hydroxyl groups is 1. The highest BCUT2D eigenvalue weighted by molar-refractivity contribution is 8.15. The van der Waals surface area contributed by atoms with Gasteiger partial charge in [-0.25, -0.2) is 0 Å². The topological polar surface area (TPSA) is 457 Å². The zero-order valence-electron chi connectivity index (χ0n) is 56.9. The van der Waals surface area contributed by atoms with Crippen molar-refractivity contribution >= 4 is 58.2 Å². The molecule has 6 fully saturated rings. The fraction of sp³-hybridized carbons (Fsp3) is 0.638. The van der Waals surface area contributed by atoms with Crippen LogP contribution in [-0.2, 0) is 35.2 Å².